The van der Waals surface area contributed by atoms with Crippen LogP contribution in [-0.2, 0) is 0 Å². The molecule has 1 atom stereocenters. The van der Waals surface area contributed by atoms with Gasteiger partial charge in [0.05, 0.1) is 0 Å². The number of hydrogen-bond acceptors (Lipinski definition) is 2. The van der Waals surface area contributed by atoms with Gasteiger partial charge in [0.1, 0.15) is 0 Å². The summed E-state index contributed by atoms with van der Waals surface area (Å²) in [6, 6.07) is 6.38. The third-order valence-corrected chi connectivity index (χ3v) is 3.65. The van der Waals surface area contributed by atoms with Crippen LogP contribution in [0.2, 0.25) is 0 Å². The summed E-state index contributed by atoms with van der Waals surface area (Å²) in [6.45, 7) is 6.50. The molecule has 1 amide bonds. The van der Waals surface area contributed by atoms with Crippen molar-refractivity contribution in [2.24, 2.45) is 0 Å². The molecule has 0 fully saturated rings. The highest BCUT2D eigenvalue weighted by Crippen LogP contribution is 2.21. The lowest BCUT2D eigenvalue weighted by Crippen LogP contribution is -2.23. The molecule has 0 heterocycles. The number of rotatable bonds is 7. The number of amides is 1. The minimum Gasteiger partial charge on any atom is -0.382 e. The number of carbonyl (C=O) groups excluding carboxylic acids is 1. The number of anilines is 1. The van der Waals surface area contributed by atoms with Crippen LogP contribution in [0.5, 0.6) is 0 Å². The topological polar surface area (TPSA) is 32.3 Å². The van der Waals surface area contributed by atoms with Gasteiger partial charge in [-0.15, -0.1) is 0 Å². The standard InChI is InChI=1S/C17H28N2O/c1-6-8-9-15(7-2)18-16-12-14(11-10-13(16)3)17(20)19(4)5/h10-12,15,18H,6-9H2,1-5H3. The van der Waals surface area contributed by atoms with Gasteiger partial charge in [0.25, 0.3) is 5.91 Å². The Bertz CT molecular complexity index is 441. The SMILES string of the molecule is CCCCC(CC)Nc1cc(C(=O)N(C)C)ccc1C. The van der Waals surface area contributed by atoms with Gasteiger partial charge >= 0.3 is 0 Å². The first-order valence-electron chi connectivity index (χ1n) is 7.58. The summed E-state index contributed by atoms with van der Waals surface area (Å²) in [5.74, 6) is 0.0506. The smallest absolute Gasteiger partial charge is 0.253 e. The van der Waals surface area contributed by atoms with Crippen molar-refractivity contribution in [1.29, 1.82) is 0 Å². The largest absolute Gasteiger partial charge is 0.382 e. The molecule has 1 unspecified atom stereocenters. The Hall–Kier alpha value is -1.51. The first-order chi connectivity index (χ1) is 9.49. The van der Waals surface area contributed by atoms with Gasteiger partial charge in [0.15, 0.2) is 0 Å². The maximum atomic E-state index is 12.0. The Balaban J connectivity index is 2.88. The fraction of sp³-hybridized carbons (Fsp3) is 0.588. The van der Waals surface area contributed by atoms with Crippen LogP contribution >= 0.6 is 0 Å². The quantitative estimate of drug-likeness (QED) is 0.814. The van der Waals surface area contributed by atoms with Gasteiger partial charge in [-0.2, -0.15) is 0 Å². The number of unbranched alkanes of at least 4 members (excludes halogenated alkanes) is 1. The van der Waals surface area contributed by atoms with Crippen molar-refractivity contribution in [3.05, 3.63) is 29.3 Å². The van der Waals surface area contributed by atoms with E-state index < -0.39 is 0 Å². The molecule has 0 radical (unpaired) electrons. The van der Waals surface area contributed by atoms with Gasteiger partial charge in [-0.1, -0.05) is 32.8 Å². The van der Waals surface area contributed by atoms with Crippen molar-refractivity contribution in [3.8, 4) is 0 Å². The highest BCUT2D eigenvalue weighted by atomic mass is 16.2. The Kier molecular flexibility index (Phi) is 6.56. The zero-order valence-corrected chi connectivity index (χ0v) is 13.5. The average molecular weight is 276 g/mol. The van der Waals surface area contributed by atoms with E-state index in [1.807, 2.05) is 18.2 Å². The minimum atomic E-state index is 0.0506. The first-order valence-corrected chi connectivity index (χ1v) is 7.58. The predicted octanol–water partition coefficient (Wildman–Crippen LogP) is 4.08. The molecule has 0 saturated carbocycles. The van der Waals surface area contributed by atoms with Crippen molar-refractivity contribution in [2.45, 2.75) is 52.5 Å². The van der Waals surface area contributed by atoms with E-state index in [1.165, 1.54) is 24.8 Å². The first kappa shape index (κ1) is 16.5. The maximum absolute atomic E-state index is 12.0. The Labute approximate surface area is 123 Å². The molecule has 1 aromatic rings. The molecule has 1 N–H and O–H groups in total. The number of nitrogens with zero attached hydrogens (tertiary/aromatic N) is 1. The second-order valence-electron chi connectivity index (χ2n) is 5.62. The van der Waals surface area contributed by atoms with E-state index in [1.54, 1.807) is 19.0 Å². The van der Waals surface area contributed by atoms with E-state index in [2.05, 4.69) is 26.1 Å². The zero-order chi connectivity index (χ0) is 15.1. The lowest BCUT2D eigenvalue weighted by Gasteiger charge is -2.20. The van der Waals surface area contributed by atoms with Gasteiger partial charge in [-0.25, -0.2) is 0 Å². The third-order valence-electron chi connectivity index (χ3n) is 3.65. The Morgan fingerprint density at radius 1 is 1.30 bits per heavy atom. The Morgan fingerprint density at radius 3 is 2.55 bits per heavy atom. The third kappa shape index (κ3) is 4.55. The molecule has 0 bridgehead atoms. The van der Waals surface area contributed by atoms with Crippen LogP contribution in [0, 0.1) is 6.92 Å². The highest BCUT2D eigenvalue weighted by molar-refractivity contribution is 5.95. The van der Waals surface area contributed by atoms with Gasteiger partial charge in [-0.05, 0) is 37.5 Å². The van der Waals surface area contributed by atoms with Crippen LogP contribution in [-0.4, -0.2) is 30.9 Å². The molecule has 0 aliphatic carbocycles. The van der Waals surface area contributed by atoms with E-state index in [4.69, 9.17) is 0 Å². The lowest BCUT2D eigenvalue weighted by molar-refractivity contribution is 0.0827. The molecule has 0 spiro atoms. The summed E-state index contributed by atoms with van der Waals surface area (Å²) in [7, 11) is 3.57. The number of aryl methyl sites for hydroxylation is 1. The van der Waals surface area contributed by atoms with E-state index in [9.17, 15) is 4.79 Å². The molecular weight excluding hydrogens is 248 g/mol. The molecular formula is C17H28N2O. The van der Waals surface area contributed by atoms with Crippen molar-refractivity contribution < 1.29 is 4.79 Å². The molecule has 0 saturated heterocycles. The van der Waals surface area contributed by atoms with Gasteiger partial charge in [-0.3, -0.25) is 4.79 Å². The summed E-state index contributed by atoms with van der Waals surface area (Å²) < 4.78 is 0. The van der Waals surface area contributed by atoms with Crippen LogP contribution in [0.4, 0.5) is 5.69 Å². The molecule has 3 heteroatoms. The molecule has 1 aromatic carbocycles. The van der Waals surface area contributed by atoms with E-state index in [0.29, 0.717) is 6.04 Å². The van der Waals surface area contributed by atoms with E-state index >= 15 is 0 Å². The number of nitrogens with one attached hydrogen (secondary N) is 1. The lowest BCUT2D eigenvalue weighted by atomic mass is 10.0. The molecule has 1 rings (SSSR count). The molecule has 0 aliphatic rings. The second kappa shape index (κ2) is 7.93. The number of carbonyl (C=O) groups is 1. The highest BCUT2D eigenvalue weighted by Gasteiger charge is 2.12. The second-order valence-corrected chi connectivity index (χ2v) is 5.62. The normalized spacial score (nSPS) is 12.1. The van der Waals surface area contributed by atoms with Crippen LogP contribution < -0.4 is 5.32 Å². The zero-order valence-electron chi connectivity index (χ0n) is 13.5. The summed E-state index contributed by atoms with van der Waals surface area (Å²) in [5.41, 5.74) is 3.02. The van der Waals surface area contributed by atoms with Crippen molar-refractivity contribution in [3.63, 3.8) is 0 Å². The Morgan fingerprint density at radius 2 is 2.00 bits per heavy atom. The van der Waals surface area contributed by atoms with Gasteiger partial charge in [0, 0.05) is 31.4 Å². The van der Waals surface area contributed by atoms with Gasteiger partial charge < -0.3 is 10.2 Å². The minimum absolute atomic E-state index is 0.0506. The van der Waals surface area contributed by atoms with E-state index in [0.717, 1.165) is 17.7 Å². The summed E-state index contributed by atoms with van der Waals surface area (Å²) in [6.07, 6.45) is 4.74. The van der Waals surface area contributed by atoms with Crippen LogP contribution in [0.1, 0.15) is 55.5 Å². The summed E-state index contributed by atoms with van der Waals surface area (Å²) in [4.78, 5) is 13.6. The summed E-state index contributed by atoms with van der Waals surface area (Å²) in [5, 5.41) is 3.60. The summed E-state index contributed by atoms with van der Waals surface area (Å²) >= 11 is 0. The molecule has 3 nitrogen and oxygen atoms in total. The van der Waals surface area contributed by atoms with Crippen LogP contribution in [0.25, 0.3) is 0 Å². The maximum Gasteiger partial charge on any atom is 0.253 e. The predicted molar refractivity (Wildman–Crippen MR) is 86.4 cm³/mol. The molecule has 20 heavy (non-hydrogen) atoms. The van der Waals surface area contributed by atoms with Crippen LogP contribution in [0.3, 0.4) is 0 Å². The number of hydrogen-bond donors (Lipinski definition) is 1. The van der Waals surface area contributed by atoms with Gasteiger partial charge in [0.2, 0.25) is 0 Å². The van der Waals surface area contributed by atoms with Crippen molar-refractivity contribution in [1.82, 2.24) is 4.90 Å². The van der Waals surface area contributed by atoms with Crippen molar-refractivity contribution in [2.75, 3.05) is 19.4 Å². The number of benzene rings is 1. The fourth-order valence-corrected chi connectivity index (χ4v) is 2.22. The van der Waals surface area contributed by atoms with E-state index in [-0.39, 0.29) is 5.91 Å². The monoisotopic (exact) mass is 276 g/mol. The average Bonchev–Trinajstić information content (AvgIpc) is 2.44. The van der Waals surface area contributed by atoms with Crippen molar-refractivity contribution >= 4 is 11.6 Å². The molecule has 0 aliphatic heterocycles. The fourth-order valence-electron chi connectivity index (χ4n) is 2.22. The molecule has 0 aromatic heterocycles. The molecule has 112 valence electrons. The van der Waals surface area contributed by atoms with Crippen LogP contribution in [0.15, 0.2) is 18.2 Å².